The summed E-state index contributed by atoms with van der Waals surface area (Å²) in [5.41, 5.74) is 1.35. The SMILES string of the molecule is C=C1CCC(C)(CC(=O)OCC)C1C. The van der Waals surface area contributed by atoms with Crippen LogP contribution in [0.1, 0.15) is 40.0 Å². The molecule has 1 aliphatic carbocycles. The van der Waals surface area contributed by atoms with Crippen LogP contribution in [0.5, 0.6) is 0 Å². The predicted octanol–water partition coefficient (Wildman–Crippen LogP) is 2.93. The molecule has 0 spiro atoms. The summed E-state index contributed by atoms with van der Waals surface area (Å²) in [6.45, 7) is 10.7. The van der Waals surface area contributed by atoms with Gasteiger partial charge in [-0.05, 0) is 31.1 Å². The molecule has 0 aromatic heterocycles. The lowest BCUT2D eigenvalue weighted by Crippen LogP contribution is -2.25. The van der Waals surface area contributed by atoms with E-state index in [0.717, 1.165) is 12.8 Å². The normalized spacial score (nSPS) is 31.9. The number of esters is 1. The first-order chi connectivity index (χ1) is 6.49. The van der Waals surface area contributed by atoms with Gasteiger partial charge in [0.2, 0.25) is 0 Å². The van der Waals surface area contributed by atoms with Crippen LogP contribution in [0.2, 0.25) is 0 Å². The Morgan fingerprint density at radius 3 is 2.79 bits per heavy atom. The number of allylic oxidation sites excluding steroid dienone is 1. The van der Waals surface area contributed by atoms with Crippen LogP contribution in [-0.2, 0) is 9.53 Å². The van der Waals surface area contributed by atoms with Crippen LogP contribution >= 0.6 is 0 Å². The van der Waals surface area contributed by atoms with Gasteiger partial charge in [-0.15, -0.1) is 0 Å². The van der Waals surface area contributed by atoms with Gasteiger partial charge in [0.1, 0.15) is 0 Å². The number of hydrogen-bond donors (Lipinski definition) is 0. The van der Waals surface area contributed by atoms with Gasteiger partial charge >= 0.3 is 5.97 Å². The molecule has 0 radical (unpaired) electrons. The van der Waals surface area contributed by atoms with Crippen LogP contribution in [0, 0.1) is 11.3 Å². The summed E-state index contributed by atoms with van der Waals surface area (Å²) in [6.07, 6.45) is 2.64. The number of carbonyl (C=O) groups is 1. The summed E-state index contributed by atoms with van der Waals surface area (Å²) in [4.78, 5) is 11.4. The Labute approximate surface area is 86.3 Å². The zero-order valence-corrected chi connectivity index (χ0v) is 9.43. The summed E-state index contributed by atoms with van der Waals surface area (Å²) in [6, 6.07) is 0. The molecule has 0 heterocycles. The quantitative estimate of drug-likeness (QED) is 0.512. The Bertz CT molecular complexity index is 245. The fourth-order valence-electron chi connectivity index (χ4n) is 2.16. The van der Waals surface area contributed by atoms with E-state index in [0.29, 0.717) is 18.9 Å². The van der Waals surface area contributed by atoms with Crippen molar-refractivity contribution < 1.29 is 9.53 Å². The van der Waals surface area contributed by atoms with Crippen LogP contribution in [0.25, 0.3) is 0 Å². The smallest absolute Gasteiger partial charge is 0.306 e. The van der Waals surface area contributed by atoms with Crippen molar-refractivity contribution in [2.75, 3.05) is 6.61 Å². The van der Waals surface area contributed by atoms with Crippen LogP contribution in [0.4, 0.5) is 0 Å². The molecule has 1 aliphatic rings. The van der Waals surface area contributed by atoms with E-state index in [1.54, 1.807) is 0 Å². The second-order valence-corrected chi connectivity index (χ2v) is 4.52. The first-order valence-electron chi connectivity index (χ1n) is 5.33. The summed E-state index contributed by atoms with van der Waals surface area (Å²) < 4.78 is 4.98. The Morgan fingerprint density at radius 2 is 2.36 bits per heavy atom. The van der Waals surface area contributed by atoms with Gasteiger partial charge < -0.3 is 4.74 Å². The van der Waals surface area contributed by atoms with E-state index < -0.39 is 0 Å². The average molecular weight is 196 g/mol. The molecule has 2 nitrogen and oxygen atoms in total. The topological polar surface area (TPSA) is 26.3 Å². The summed E-state index contributed by atoms with van der Waals surface area (Å²) >= 11 is 0. The minimum atomic E-state index is -0.0726. The molecule has 2 atom stereocenters. The lowest BCUT2D eigenvalue weighted by Gasteiger charge is -2.28. The molecule has 14 heavy (non-hydrogen) atoms. The van der Waals surface area contributed by atoms with Gasteiger partial charge in [-0.3, -0.25) is 4.79 Å². The third-order valence-corrected chi connectivity index (χ3v) is 3.53. The molecule has 0 aromatic carbocycles. The molecule has 0 aliphatic heterocycles. The highest BCUT2D eigenvalue weighted by Gasteiger charge is 2.39. The fraction of sp³-hybridized carbons (Fsp3) is 0.750. The van der Waals surface area contributed by atoms with E-state index in [4.69, 9.17) is 4.74 Å². The Morgan fingerprint density at radius 1 is 1.71 bits per heavy atom. The molecule has 80 valence electrons. The highest BCUT2D eigenvalue weighted by atomic mass is 16.5. The van der Waals surface area contributed by atoms with Crippen LogP contribution in [-0.4, -0.2) is 12.6 Å². The summed E-state index contributed by atoms with van der Waals surface area (Å²) in [5, 5.41) is 0. The zero-order chi connectivity index (χ0) is 10.8. The molecule has 0 bridgehead atoms. The molecule has 0 N–H and O–H groups in total. The van der Waals surface area contributed by atoms with Crippen molar-refractivity contribution in [2.45, 2.75) is 40.0 Å². The van der Waals surface area contributed by atoms with Crippen molar-refractivity contribution in [3.05, 3.63) is 12.2 Å². The lowest BCUT2D eigenvalue weighted by atomic mass is 9.77. The van der Waals surface area contributed by atoms with E-state index in [1.165, 1.54) is 5.57 Å². The van der Waals surface area contributed by atoms with Crippen molar-refractivity contribution in [1.82, 2.24) is 0 Å². The number of carbonyl (C=O) groups excluding carboxylic acids is 1. The monoisotopic (exact) mass is 196 g/mol. The molecule has 1 rings (SSSR count). The third kappa shape index (κ3) is 2.17. The molecular weight excluding hydrogens is 176 g/mol. The maximum atomic E-state index is 11.4. The molecule has 2 heteroatoms. The van der Waals surface area contributed by atoms with E-state index in [2.05, 4.69) is 20.4 Å². The van der Waals surface area contributed by atoms with Crippen LogP contribution in [0.3, 0.4) is 0 Å². The van der Waals surface area contributed by atoms with Gasteiger partial charge in [-0.25, -0.2) is 0 Å². The summed E-state index contributed by atoms with van der Waals surface area (Å²) in [5.74, 6) is 0.364. The average Bonchev–Trinajstić information content (AvgIpc) is 2.34. The molecule has 2 unspecified atom stereocenters. The van der Waals surface area contributed by atoms with E-state index in [1.807, 2.05) is 6.92 Å². The predicted molar refractivity (Wildman–Crippen MR) is 56.9 cm³/mol. The number of rotatable bonds is 3. The third-order valence-electron chi connectivity index (χ3n) is 3.53. The van der Waals surface area contributed by atoms with E-state index in [9.17, 15) is 4.79 Å². The van der Waals surface area contributed by atoms with Crippen molar-refractivity contribution in [2.24, 2.45) is 11.3 Å². The van der Waals surface area contributed by atoms with E-state index >= 15 is 0 Å². The standard InChI is InChI=1S/C12H20O2/c1-5-14-11(13)8-12(4)7-6-9(2)10(12)3/h10H,2,5-8H2,1,3-4H3. The minimum Gasteiger partial charge on any atom is -0.466 e. The van der Waals surface area contributed by atoms with Gasteiger partial charge in [-0.2, -0.15) is 0 Å². The molecule has 0 aromatic rings. The molecule has 1 saturated carbocycles. The largest absolute Gasteiger partial charge is 0.466 e. The highest BCUT2D eigenvalue weighted by molar-refractivity contribution is 5.70. The Balaban J connectivity index is 2.58. The van der Waals surface area contributed by atoms with E-state index in [-0.39, 0.29) is 11.4 Å². The maximum Gasteiger partial charge on any atom is 0.306 e. The Kier molecular flexibility index (Phi) is 3.35. The van der Waals surface area contributed by atoms with Crippen molar-refractivity contribution in [3.8, 4) is 0 Å². The van der Waals surface area contributed by atoms with Crippen molar-refractivity contribution in [3.63, 3.8) is 0 Å². The zero-order valence-electron chi connectivity index (χ0n) is 9.43. The van der Waals surface area contributed by atoms with Crippen molar-refractivity contribution >= 4 is 5.97 Å². The second-order valence-electron chi connectivity index (χ2n) is 4.52. The van der Waals surface area contributed by atoms with Crippen molar-refractivity contribution in [1.29, 1.82) is 0 Å². The lowest BCUT2D eigenvalue weighted by molar-refractivity contribution is -0.146. The van der Waals surface area contributed by atoms with Gasteiger partial charge in [0, 0.05) is 0 Å². The van der Waals surface area contributed by atoms with Crippen LogP contribution < -0.4 is 0 Å². The number of ether oxygens (including phenoxy) is 1. The van der Waals surface area contributed by atoms with Gasteiger partial charge in [-0.1, -0.05) is 26.0 Å². The van der Waals surface area contributed by atoms with Crippen LogP contribution in [0.15, 0.2) is 12.2 Å². The molecule has 0 amide bonds. The Hall–Kier alpha value is -0.790. The second kappa shape index (κ2) is 4.16. The maximum absolute atomic E-state index is 11.4. The summed E-state index contributed by atoms with van der Waals surface area (Å²) in [7, 11) is 0. The van der Waals surface area contributed by atoms with Gasteiger partial charge in [0.05, 0.1) is 13.0 Å². The van der Waals surface area contributed by atoms with Gasteiger partial charge in [0.25, 0.3) is 0 Å². The highest BCUT2D eigenvalue weighted by Crippen LogP contribution is 2.47. The van der Waals surface area contributed by atoms with Gasteiger partial charge in [0.15, 0.2) is 0 Å². The number of hydrogen-bond acceptors (Lipinski definition) is 2. The molecule has 1 fully saturated rings. The minimum absolute atomic E-state index is 0.0726. The first-order valence-corrected chi connectivity index (χ1v) is 5.33. The fourth-order valence-corrected chi connectivity index (χ4v) is 2.16. The molecular formula is C12H20O2. The molecule has 0 saturated heterocycles. The first kappa shape index (κ1) is 11.3.